The van der Waals surface area contributed by atoms with E-state index in [9.17, 15) is 0 Å². The number of aliphatic hydroxyl groups is 1. The number of ether oxygens (including phenoxy) is 1. The minimum atomic E-state index is 0.00309. The van der Waals surface area contributed by atoms with E-state index in [1.54, 1.807) is 0 Å². The number of thiol groups is 1. The molecule has 2 nitrogen and oxygen atoms in total. The Kier molecular flexibility index (Phi) is 1.80. The maximum absolute atomic E-state index is 8.71. The van der Waals surface area contributed by atoms with Crippen LogP contribution in [-0.4, -0.2) is 30.7 Å². The predicted molar refractivity (Wildman–Crippen MR) is 34.2 cm³/mol. The third kappa shape index (κ3) is 0.855. The van der Waals surface area contributed by atoms with Crippen LogP contribution in [0.2, 0.25) is 0 Å². The summed E-state index contributed by atoms with van der Waals surface area (Å²) in [4.78, 5) is 0. The Hall–Kier alpha value is 0.270. The van der Waals surface area contributed by atoms with Gasteiger partial charge < -0.3 is 9.84 Å². The molecule has 0 radical (unpaired) electrons. The van der Waals surface area contributed by atoms with Gasteiger partial charge in [-0.3, -0.25) is 0 Å². The minimum Gasteiger partial charge on any atom is -0.396 e. The molecule has 8 heavy (non-hydrogen) atoms. The molecule has 0 bridgehead atoms. The van der Waals surface area contributed by atoms with Crippen LogP contribution in [0, 0.1) is 5.41 Å². The monoisotopic (exact) mass is 134 g/mol. The van der Waals surface area contributed by atoms with Crippen LogP contribution in [0.1, 0.15) is 0 Å². The summed E-state index contributed by atoms with van der Waals surface area (Å²) >= 11 is 4.07. The lowest BCUT2D eigenvalue weighted by Crippen LogP contribution is -2.47. The van der Waals surface area contributed by atoms with Crippen molar-refractivity contribution in [3.8, 4) is 0 Å². The second kappa shape index (κ2) is 2.25. The average molecular weight is 134 g/mol. The SMILES string of the molecule is OCC1(CS)COC1. The van der Waals surface area contributed by atoms with Gasteiger partial charge in [0.1, 0.15) is 0 Å². The van der Waals surface area contributed by atoms with Crippen LogP contribution in [-0.2, 0) is 4.74 Å². The zero-order valence-electron chi connectivity index (χ0n) is 4.63. The molecule has 1 N–H and O–H groups in total. The van der Waals surface area contributed by atoms with Crippen LogP contribution in [0.4, 0.5) is 0 Å². The third-order valence-corrected chi connectivity index (χ3v) is 2.16. The van der Waals surface area contributed by atoms with E-state index in [1.165, 1.54) is 0 Å². The second-order valence-corrected chi connectivity index (χ2v) is 2.63. The maximum Gasteiger partial charge on any atom is 0.0574 e. The summed E-state index contributed by atoms with van der Waals surface area (Å²) in [7, 11) is 0. The average Bonchev–Trinajstić information content (AvgIpc) is 1.67. The first-order chi connectivity index (χ1) is 3.83. The summed E-state index contributed by atoms with van der Waals surface area (Å²) in [5.74, 6) is 0.726. The van der Waals surface area contributed by atoms with E-state index >= 15 is 0 Å². The Balaban J connectivity index is 2.33. The normalized spacial score (nSPS) is 24.8. The van der Waals surface area contributed by atoms with Gasteiger partial charge in [-0.2, -0.15) is 12.6 Å². The van der Waals surface area contributed by atoms with Gasteiger partial charge in [-0.05, 0) is 0 Å². The van der Waals surface area contributed by atoms with Crippen molar-refractivity contribution in [2.75, 3.05) is 25.6 Å². The van der Waals surface area contributed by atoms with E-state index in [1.807, 2.05) is 0 Å². The summed E-state index contributed by atoms with van der Waals surface area (Å²) in [6.45, 7) is 1.55. The summed E-state index contributed by atoms with van der Waals surface area (Å²) in [5, 5.41) is 8.71. The van der Waals surface area contributed by atoms with Gasteiger partial charge in [0.2, 0.25) is 0 Å². The number of hydrogen-bond donors (Lipinski definition) is 2. The quantitative estimate of drug-likeness (QED) is 0.517. The number of aliphatic hydroxyl groups excluding tert-OH is 1. The van der Waals surface area contributed by atoms with Crippen LogP contribution in [0.25, 0.3) is 0 Å². The highest BCUT2D eigenvalue weighted by Crippen LogP contribution is 2.27. The van der Waals surface area contributed by atoms with Crippen molar-refractivity contribution in [3.05, 3.63) is 0 Å². The van der Waals surface area contributed by atoms with Crippen molar-refractivity contribution in [1.82, 2.24) is 0 Å². The molecule has 0 aliphatic carbocycles. The number of hydrogen-bond acceptors (Lipinski definition) is 3. The van der Waals surface area contributed by atoms with Crippen LogP contribution in [0.15, 0.2) is 0 Å². The molecular weight excluding hydrogens is 124 g/mol. The zero-order valence-corrected chi connectivity index (χ0v) is 5.53. The Morgan fingerprint density at radius 3 is 2.25 bits per heavy atom. The van der Waals surface area contributed by atoms with Crippen LogP contribution >= 0.6 is 12.6 Å². The molecule has 0 amide bonds. The molecule has 1 fully saturated rings. The molecule has 0 aromatic heterocycles. The molecule has 0 aromatic carbocycles. The molecular formula is C5H10O2S. The van der Waals surface area contributed by atoms with Gasteiger partial charge >= 0.3 is 0 Å². The fourth-order valence-electron chi connectivity index (χ4n) is 0.623. The van der Waals surface area contributed by atoms with Gasteiger partial charge in [-0.15, -0.1) is 0 Å². The molecule has 1 saturated heterocycles. The summed E-state index contributed by atoms with van der Waals surface area (Å²) in [6.07, 6.45) is 0. The van der Waals surface area contributed by atoms with E-state index < -0.39 is 0 Å². The first kappa shape index (κ1) is 6.39. The van der Waals surface area contributed by atoms with Crippen molar-refractivity contribution >= 4 is 12.6 Å². The van der Waals surface area contributed by atoms with Crippen molar-refractivity contribution in [3.63, 3.8) is 0 Å². The van der Waals surface area contributed by atoms with Crippen LogP contribution in [0.3, 0.4) is 0 Å². The third-order valence-electron chi connectivity index (χ3n) is 1.49. The van der Waals surface area contributed by atoms with E-state index in [-0.39, 0.29) is 12.0 Å². The molecule has 1 rings (SSSR count). The Labute approximate surface area is 54.3 Å². The van der Waals surface area contributed by atoms with Crippen LogP contribution < -0.4 is 0 Å². The molecule has 0 unspecified atom stereocenters. The van der Waals surface area contributed by atoms with Gasteiger partial charge in [0.25, 0.3) is 0 Å². The van der Waals surface area contributed by atoms with Gasteiger partial charge in [-0.25, -0.2) is 0 Å². The molecule has 0 aromatic rings. The smallest absolute Gasteiger partial charge is 0.0574 e. The number of rotatable bonds is 2. The van der Waals surface area contributed by atoms with Gasteiger partial charge in [0.15, 0.2) is 0 Å². The molecule has 3 heteroatoms. The maximum atomic E-state index is 8.71. The summed E-state index contributed by atoms with van der Waals surface area (Å²) in [6, 6.07) is 0. The molecule has 0 spiro atoms. The van der Waals surface area contributed by atoms with Crippen molar-refractivity contribution in [2.24, 2.45) is 5.41 Å². The van der Waals surface area contributed by atoms with E-state index in [4.69, 9.17) is 9.84 Å². The van der Waals surface area contributed by atoms with Gasteiger partial charge in [0, 0.05) is 11.2 Å². The molecule has 1 heterocycles. The predicted octanol–water partition coefficient (Wildman–Crippen LogP) is -0.0749. The molecule has 1 aliphatic rings. The van der Waals surface area contributed by atoms with Crippen molar-refractivity contribution in [2.45, 2.75) is 0 Å². The van der Waals surface area contributed by atoms with Gasteiger partial charge in [-0.1, -0.05) is 0 Å². The minimum absolute atomic E-state index is 0.00309. The molecule has 0 atom stereocenters. The molecule has 1 aliphatic heterocycles. The lowest BCUT2D eigenvalue weighted by Gasteiger charge is -2.38. The highest BCUT2D eigenvalue weighted by molar-refractivity contribution is 7.80. The largest absolute Gasteiger partial charge is 0.396 e. The van der Waals surface area contributed by atoms with E-state index in [0.29, 0.717) is 13.2 Å². The standard InChI is InChI=1S/C5H10O2S/c6-1-5(4-8)2-7-3-5/h6,8H,1-4H2. The first-order valence-electron chi connectivity index (χ1n) is 2.62. The van der Waals surface area contributed by atoms with Crippen molar-refractivity contribution < 1.29 is 9.84 Å². The zero-order chi connectivity index (χ0) is 6.04. The fraction of sp³-hybridized carbons (Fsp3) is 1.00. The highest BCUT2D eigenvalue weighted by Gasteiger charge is 2.36. The molecule has 48 valence electrons. The first-order valence-corrected chi connectivity index (χ1v) is 3.26. The lowest BCUT2D eigenvalue weighted by molar-refractivity contribution is -0.121. The lowest BCUT2D eigenvalue weighted by atomic mass is 9.90. The Morgan fingerprint density at radius 2 is 2.25 bits per heavy atom. The molecule has 0 saturated carbocycles. The van der Waals surface area contributed by atoms with Gasteiger partial charge in [0.05, 0.1) is 19.8 Å². The fourth-order valence-corrected chi connectivity index (χ4v) is 0.906. The summed E-state index contributed by atoms with van der Waals surface area (Å²) < 4.78 is 4.91. The Morgan fingerprint density at radius 1 is 1.62 bits per heavy atom. The summed E-state index contributed by atoms with van der Waals surface area (Å²) in [5.41, 5.74) is 0.00309. The van der Waals surface area contributed by atoms with E-state index in [2.05, 4.69) is 12.6 Å². The Bertz CT molecular complexity index is 67.0. The van der Waals surface area contributed by atoms with E-state index in [0.717, 1.165) is 5.75 Å². The topological polar surface area (TPSA) is 29.5 Å². The highest BCUT2D eigenvalue weighted by atomic mass is 32.1. The second-order valence-electron chi connectivity index (χ2n) is 2.31. The van der Waals surface area contributed by atoms with Crippen LogP contribution in [0.5, 0.6) is 0 Å². The van der Waals surface area contributed by atoms with Crippen molar-refractivity contribution in [1.29, 1.82) is 0 Å².